The molecule has 2 bridgehead atoms. The third kappa shape index (κ3) is 4.01. The van der Waals surface area contributed by atoms with Crippen LogP contribution >= 0.6 is 0 Å². The topological polar surface area (TPSA) is 122 Å². The molecule has 10 heteroatoms. The van der Waals surface area contributed by atoms with Gasteiger partial charge in [0.15, 0.2) is 11.6 Å². The Balaban J connectivity index is 1.44. The molecule has 0 aliphatic carbocycles. The van der Waals surface area contributed by atoms with E-state index < -0.39 is 5.82 Å². The Labute approximate surface area is 202 Å². The molecule has 2 fully saturated rings. The van der Waals surface area contributed by atoms with E-state index in [-0.39, 0.29) is 44.9 Å². The maximum Gasteiger partial charge on any atom is 0.267 e. The van der Waals surface area contributed by atoms with Crippen LogP contribution in [0, 0.1) is 5.82 Å². The predicted molar refractivity (Wildman–Crippen MR) is 133 cm³/mol. The monoisotopic (exact) mass is 479 g/mol. The minimum absolute atomic E-state index is 0.117. The molecule has 1 aromatic carbocycles. The number of aromatic nitrogens is 4. The maximum absolute atomic E-state index is 15.3. The van der Waals surface area contributed by atoms with Gasteiger partial charge in [0.1, 0.15) is 5.75 Å². The van der Waals surface area contributed by atoms with Crippen molar-refractivity contribution in [2.45, 2.75) is 56.7 Å². The van der Waals surface area contributed by atoms with E-state index in [1.165, 1.54) is 25.4 Å². The largest absolute Gasteiger partial charge is 0.507 e. The zero-order valence-electron chi connectivity index (χ0n) is 20.3. The number of aromatic hydroxyl groups is 1. The maximum atomic E-state index is 15.3. The standard InChI is InChI=1S/C25H30FN7O2/c1-24-7-8-25(2,31-24)12-15(11-24)32(3)19-6-5-17(29-30-19)21-18(34)10-16(23(27)22(21)26)14-9-20(35)33(4)28-13-14/h5-6,9-10,13,15,31,34H,7-8,11-12,27H2,1-4H3/t15?,24-,25+. The average molecular weight is 480 g/mol. The first-order chi connectivity index (χ1) is 16.5. The van der Waals surface area contributed by atoms with E-state index >= 15 is 4.39 Å². The molecule has 0 amide bonds. The van der Waals surface area contributed by atoms with Crippen molar-refractivity contribution in [1.29, 1.82) is 0 Å². The van der Waals surface area contributed by atoms with Crippen LogP contribution in [-0.4, -0.2) is 49.3 Å². The molecule has 0 spiro atoms. The molecule has 4 N–H and O–H groups in total. The summed E-state index contributed by atoms with van der Waals surface area (Å²) in [4.78, 5) is 14.1. The Morgan fingerprint density at radius 1 is 1.20 bits per heavy atom. The van der Waals surface area contributed by atoms with E-state index in [2.05, 4.69) is 39.4 Å². The number of nitrogens with one attached hydrogen (secondary N) is 1. The number of nitrogen functional groups attached to an aromatic ring is 1. The van der Waals surface area contributed by atoms with Gasteiger partial charge in [-0.05, 0) is 57.7 Å². The Bertz CT molecular complexity index is 1340. The summed E-state index contributed by atoms with van der Waals surface area (Å²) >= 11 is 0. The molecule has 0 saturated carbocycles. The molecule has 35 heavy (non-hydrogen) atoms. The number of halogens is 1. The molecule has 9 nitrogen and oxygen atoms in total. The van der Waals surface area contributed by atoms with E-state index in [0.717, 1.165) is 30.4 Å². The molecule has 184 valence electrons. The molecular weight excluding hydrogens is 449 g/mol. The minimum atomic E-state index is -0.827. The molecule has 0 radical (unpaired) electrons. The summed E-state index contributed by atoms with van der Waals surface area (Å²) in [5.41, 5.74) is 6.24. The first-order valence-corrected chi connectivity index (χ1v) is 11.7. The summed E-state index contributed by atoms with van der Waals surface area (Å²) in [6.45, 7) is 4.55. The van der Waals surface area contributed by atoms with Gasteiger partial charge in [0.05, 0.1) is 23.1 Å². The number of anilines is 2. The summed E-state index contributed by atoms with van der Waals surface area (Å²) in [5.74, 6) is -0.492. The summed E-state index contributed by atoms with van der Waals surface area (Å²) < 4.78 is 16.5. The third-order valence-corrected chi connectivity index (χ3v) is 7.58. The number of aryl methyl sites for hydroxylation is 1. The van der Waals surface area contributed by atoms with Crippen molar-refractivity contribution in [2.75, 3.05) is 17.7 Å². The zero-order chi connectivity index (χ0) is 25.1. The van der Waals surface area contributed by atoms with Crippen molar-refractivity contribution < 1.29 is 9.50 Å². The fourth-order valence-corrected chi connectivity index (χ4v) is 5.68. The molecule has 2 aliphatic rings. The van der Waals surface area contributed by atoms with Gasteiger partial charge in [-0.15, -0.1) is 10.2 Å². The van der Waals surface area contributed by atoms with Gasteiger partial charge in [0, 0.05) is 48.4 Å². The van der Waals surface area contributed by atoms with Gasteiger partial charge in [0.2, 0.25) is 0 Å². The van der Waals surface area contributed by atoms with Crippen molar-refractivity contribution >= 4 is 11.5 Å². The van der Waals surface area contributed by atoms with E-state index in [1.807, 2.05) is 7.05 Å². The highest BCUT2D eigenvalue weighted by Crippen LogP contribution is 2.44. The van der Waals surface area contributed by atoms with Gasteiger partial charge in [-0.3, -0.25) is 4.79 Å². The summed E-state index contributed by atoms with van der Waals surface area (Å²) in [6.07, 6.45) is 5.72. The number of phenolic OH excluding ortho intramolecular Hbond substituents is 1. The molecule has 2 aliphatic heterocycles. The SMILES string of the molecule is CN(c1ccc(-c2c(O)cc(-c3cnn(C)c(=O)c3)c(N)c2F)nn1)C1C[C@]2(C)CC[C@](C)(C1)N2. The second-order valence-corrected chi connectivity index (χ2v) is 10.4. The van der Waals surface area contributed by atoms with E-state index in [9.17, 15) is 9.90 Å². The molecule has 2 saturated heterocycles. The van der Waals surface area contributed by atoms with Crippen molar-refractivity contribution in [3.63, 3.8) is 0 Å². The van der Waals surface area contributed by atoms with E-state index in [4.69, 9.17) is 5.73 Å². The van der Waals surface area contributed by atoms with Crippen molar-refractivity contribution in [3.8, 4) is 28.1 Å². The van der Waals surface area contributed by atoms with Crippen LogP contribution in [0.4, 0.5) is 15.9 Å². The highest BCUT2D eigenvalue weighted by Gasteiger charge is 2.49. The fourth-order valence-electron chi connectivity index (χ4n) is 5.68. The first kappa shape index (κ1) is 23.2. The lowest BCUT2D eigenvalue weighted by Crippen LogP contribution is -2.58. The van der Waals surface area contributed by atoms with Gasteiger partial charge in [-0.25, -0.2) is 9.07 Å². The van der Waals surface area contributed by atoms with Gasteiger partial charge < -0.3 is 21.1 Å². The molecule has 1 unspecified atom stereocenters. The van der Waals surface area contributed by atoms with Crippen molar-refractivity contribution in [3.05, 3.63) is 46.6 Å². The Hall–Kier alpha value is -3.53. The normalized spacial score (nSPS) is 25.6. The summed E-state index contributed by atoms with van der Waals surface area (Å²) in [5, 5.41) is 26.9. The van der Waals surface area contributed by atoms with E-state index in [0.29, 0.717) is 17.4 Å². The second-order valence-electron chi connectivity index (χ2n) is 10.4. The first-order valence-electron chi connectivity index (χ1n) is 11.7. The lowest BCUT2D eigenvalue weighted by atomic mass is 9.84. The van der Waals surface area contributed by atoms with Crippen molar-refractivity contribution in [2.24, 2.45) is 7.05 Å². The zero-order valence-corrected chi connectivity index (χ0v) is 20.3. The van der Waals surface area contributed by atoms with Crippen molar-refractivity contribution in [1.82, 2.24) is 25.3 Å². The number of hydrogen-bond acceptors (Lipinski definition) is 8. The summed E-state index contributed by atoms with van der Waals surface area (Å²) in [7, 11) is 3.52. The molecular formula is C25H30FN7O2. The van der Waals surface area contributed by atoms with Gasteiger partial charge >= 0.3 is 0 Å². The molecule has 2 aromatic heterocycles. The van der Waals surface area contributed by atoms with Crippen LogP contribution in [0.2, 0.25) is 0 Å². The number of hydrogen-bond donors (Lipinski definition) is 3. The lowest BCUT2D eigenvalue weighted by molar-refractivity contribution is 0.207. The quantitative estimate of drug-likeness (QED) is 0.386. The predicted octanol–water partition coefficient (Wildman–Crippen LogP) is 2.83. The smallest absolute Gasteiger partial charge is 0.267 e. The van der Waals surface area contributed by atoms with Crippen LogP contribution in [0.3, 0.4) is 0 Å². The number of nitrogens with zero attached hydrogens (tertiary/aromatic N) is 5. The molecule has 5 rings (SSSR count). The molecule has 4 heterocycles. The van der Waals surface area contributed by atoms with E-state index in [1.54, 1.807) is 12.1 Å². The van der Waals surface area contributed by atoms with Crippen LogP contribution in [0.25, 0.3) is 22.4 Å². The number of fused-ring (bicyclic) bond motifs is 2. The van der Waals surface area contributed by atoms with Crippen LogP contribution in [0.5, 0.6) is 5.75 Å². The van der Waals surface area contributed by atoms with Crippen LogP contribution in [0.15, 0.2) is 35.3 Å². The Kier molecular flexibility index (Phi) is 5.32. The molecule has 3 atom stereocenters. The highest BCUT2D eigenvalue weighted by atomic mass is 19.1. The van der Waals surface area contributed by atoms with Crippen LogP contribution < -0.4 is 21.5 Å². The number of piperidine rings is 1. The number of phenols is 1. The van der Waals surface area contributed by atoms with Crippen LogP contribution in [0.1, 0.15) is 39.5 Å². The number of nitrogens with two attached hydrogens (primary N) is 1. The third-order valence-electron chi connectivity index (χ3n) is 7.58. The van der Waals surface area contributed by atoms with Gasteiger partial charge in [-0.1, -0.05) is 0 Å². The highest BCUT2D eigenvalue weighted by molar-refractivity contribution is 5.84. The fraction of sp³-hybridized carbons (Fsp3) is 0.440. The summed E-state index contributed by atoms with van der Waals surface area (Å²) in [6, 6.07) is 6.33. The minimum Gasteiger partial charge on any atom is -0.507 e. The lowest BCUT2D eigenvalue weighted by Gasteiger charge is -2.45. The molecule has 3 aromatic rings. The number of rotatable bonds is 4. The second kappa shape index (κ2) is 8.01. The number of benzene rings is 1. The average Bonchev–Trinajstić information content (AvgIpc) is 3.04. The van der Waals surface area contributed by atoms with Gasteiger partial charge in [0.25, 0.3) is 5.56 Å². The Morgan fingerprint density at radius 3 is 2.49 bits per heavy atom. The van der Waals surface area contributed by atoms with Crippen LogP contribution in [-0.2, 0) is 7.05 Å². The van der Waals surface area contributed by atoms with Gasteiger partial charge in [-0.2, -0.15) is 5.10 Å². The Morgan fingerprint density at radius 2 is 1.89 bits per heavy atom.